The third-order valence-electron chi connectivity index (χ3n) is 5.18. The first kappa shape index (κ1) is 18.5. The van der Waals surface area contributed by atoms with E-state index in [4.69, 9.17) is 0 Å². The highest BCUT2D eigenvalue weighted by Gasteiger charge is 2.41. The molecule has 2 aromatic rings. The van der Waals surface area contributed by atoms with Crippen molar-refractivity contribution in [2.24, 2.45) is 5.92 Å². The summed E-state index contributed by atoms with van der Waals surface area (Å²) in [6.45, 7) is 4.10. The van der Waals surface area contributed by atoms with Gasteiger partial charge in [0.15, 0.2) is 10.0 Å². The second-order valence-electron chi connectivity index (χ2n) is 7.18. The number of nitrogens with one attached hydrogen (secondary N) is 1. The molecule has 2 heterocycles. The van der Waals surface area contributed by atoms with Crippen LogP contribution in [-0.2, 0) is 22.5 Å². The van der Waals surface area contributed by atoms with Crippen LogP contribution in [0.4, 0.5) is 5.13 Å². The molecule has 142 valence electrons. The minimum absolute atomic E-state index is 0.00982. The van der Waals surface area contributed by atoms with Crippen LogP contribution in [0.3, 0.4) is 0 Å². The summed E-state index contributed by atoms with van der Waals surface area (Å²) < 4.78 is 12.4. The molecule has 0 spiro atoms. The van der Waals surface area contributed by atoms with Crippen LogP contribution in [0.1, 0.15) is 42.6 Å². The highest BCUT2D eigenvalue weighted by atomic mass is 32.2. The first-order valence-corrected chi connectivity index (χ1v) is 11.3. The number of thiazole rings is 1. The van der Waals surface area contributed by atoms with Crippen LogP contribution in [0.25, 0.3) is 10.4 Å². The molecule has 2 unspecified atom stereocenters. The maximum atomic E-state index is 13.0. The number of carbonyl (C=O) groups excluding carboxylic acids is 2. The zero-order chi connectivity index (χ0) is 19.3. The molecule has 1 fully saturated rings. The zero-order valence-electron chi connectivity index (χ0n) is 15.4. The average molecular weight is 404 g/mol. The molecule has 1 saturated carbocycles. The van der Waals surface area contributed by atoms with Gasteiger partial charge in [-0.05, 0) is 54.1 Å². The maximum Gasteiger partial charge on any atom is 0.259 e. The molecule has 2 aliphatic rings. The predicted molar refractivity (Wildman–Crippen MR) is 106 cm³/mol. The number of fused-ring (bicyclic) bond motifs is 1. The van der Waals surface area contributed by atoms with E-state index in [1.807, 2.05) is 17.0 Å². The van der Waals surface area contributed by atoms with E-state index in [-0.39, 0.29) is 17.9 Å². The number of benzene rings is 1. The van der Waals surface area contributed by atoms with Gasteiger partial charge in [-0.2, -0.15) is 0 Å². The van der Waals surface area contributed by atoms with E-state index in [1.165, 1.54) is 31.1 Å². The number of nitrogens with zero attached hydrogens (tertiary/aromatic N) is 2. The summed E-state index contributed by atoms with van der Waals surface area (Å²) >= 11 is 0.0884. The van der Waals surface area contributed by atoms with E-state index in [9.17, 15) is 14.1 Å². The molecule has 8 heteroatoms. The standard InChI is InChI=1S/C19H21N3O3S2/c1-10(12-4-5-12)22-9-14-6-13(7-16(27(3)25)17(14)18(22)24)15-8-20-19(26-15)21-11(2)23/h6-8,10,12H,4-5,9H2,1-3H3,(H,20,21,23). The molecule has 6 nitrogen and oxygen atoms in total. The number of hydrogen-bond acceptors (Lipinski definition) is 5. The Bertz CT molecular complexity index is 921. The third-order valence-corrected chi connectivity index (χ3v) is 7.08. The minimum atomic E-state index is -1.27. The summed E-state index contributed by atoms with van der Waals surface area (Å²) in [5.74, 6) is 0.403. The highest BCUT2D eigenvalue weighted by molar-refractivity contribution is 7.90. The molecule has 0 radical (unpaired) electrons. The summed E-state index contributed by atoms with van der Waals surface area (Å²) in [5, 5.41) is 3.20. The van der Waals surface area contributed by atoms with Gasteiger partial charge in [-0.3, -0.25) is 9.59 Å². The number of hydrogen-bond donors (Lipinski definition) is 1. The van der Waals surface area contributed by atoms with E-state index in [0.29, 0.717) is 28.1 Å². The van der Waals surface area contributed by atoms with Crippen LogP contribution >= 0.6 is 11.3 Å². The Balaban J connectivity index is 1.72. The molecule has 2 amide bonds. The largest absolute Gasteiger partial charge is 0.612 e. The molecule has 2 atom stereocenters. The van der Waals surface area contributed by atoms with Crippen molar-refractivity contribution in [2.45, 2.75) is 44.2 Å². The second-order valence-corrected chi connectivity index (χ2v) is 9.56. The molecule has 1 aromatic heterocycles. The summed E-state index contributed by atoms with van der Waals surface area (Å²) in [7, 11) is 0. The van der Waals surface area contributed by atoms with Crippen molar-refractivity contribution in [3.63, 3.8) is 0 Å². The predicted octanol–water partition coefficient (Wildman–Crippen LogP) is 3.26. The Hall–Kier alpha value is -1.90. The molecule has 0 saturated heterocycles. The Morgan fingerprint density at radius 3 is 2.81 bits per heavy atom. The quantitative estimate of drug-likeness (QED) is 0.777. The molecule has 1 aliphatic carbocycles. The number of anilines is 1. The van der Waals surface area contributed by atoms with E-state index in [2.05, 4.69) is 17.2 Å². The van der Waals surface area contributed by atoms with Crippen molar-refractivity contribution in [1.82, 2.24) is 9.88 Å². The lowest BCUT2D eigenvalue weighted by atomic mass is 10.1. The smallest absolute Gasteiger partial charge is 0.259 e. The number of amides is 2. The summed E-state index contributed by atoms with van der Waals surface area (Å²) in [6.07, 6.45) is 5.65. The van der Waals surface area contributed by atoms with E-state index < -0.39 is 11.2 Å². The molecule has 1 aliphatic heterocycles. The molecular formula is C19H21N3O3S2. The van der Waals surface area contributed by atoms with Crippen LogP contribution in [0, 0.1) is 5.92 Å². The van der Waals surface area contributed by atoms with Gasteiger partial charge in [0, 0.05) is 31.8 Å². The lowest BCUT2D eigenvalue weighted by molar-refractivity contribution is -0.114. The normalized spacial score (nSPS) is 18.4. The summed E-state index contributed by atoms with van der Waals surface area (Å²) in [6, 6.07) is 4.03. The average Bonchev–Trinajstić information content (AvgIpc) is 3.28. The second kappa shape index (κ2) is 6.92. The van der Waals surface area contributed by atoms with Crippen LogP contribution in [0.15, 0.2) is 23.2 Å². The molecule has 4 rings (SSSR count). The van der Waals surface area contributed by atoms with Crippen molar-refractivity contribution in [2.75, 3.05) is 11.6 Å². The van der Waals surface area contributed by atoms with Gasteiger partial charge in [0.1, 0.15) is 6.26 Å². The maximum absolute atomic E-state index is 13.0. The Morgan fingerprint density at radius 2 is 2.19 bits per heavy atom. The molecule has 0 bridgehead atoms. The third kappa shape index (κ3) is 3.49. The first-order chi connectivity index (χ1) is 12.8. The fraction of sp³-hybridized carbons (Fsp3) is 0.421. The van der Waals surface area contributed by atoms with Crippen molar-refractivity contribution in [3.05, 3.63) is 29.5 Å². The van der Waals surface area contributed by atoms with Gasteiger partial charge in [0.05, 0.1) is 10.4 Å². The van der Waals surface area contributed by atoms with E-state index in [0.717, 1.165) is 16.0 Å². The van der Waals surface area contributed by atoms with Crippen molar-refractivity contribution in [3.8, 4) is 10.4 Å². The Labute approximate surface area is 165 Å². The summed E-state index contributed by atoms with van der Waals surface area (Å²) in [4.78, 5) is 31.8. The number of carbonyl (C=O) groups is 2. The van der Waals surface area contributed by atoms with E-state index >= 15 is 0 Å². The van der Waals surface area contributed by atoms with Gasteiger partial charge in [-0.15, -0.1) is 0 Å². The Morgan fingerprint density at radius 1 is 1.44 bits per heavy atom. The van der Waals surface area contributed by atoms with Crippen LogP contribution in [0.2, 0.25) is 0 Å². The van der Waals surface area contributed by atoms with Gasteiger partial charge in [-0.1, -0.05) is 11.3 Å². The summed E-state index contributed by atoms with van der Waals surface area (Å²) in [5.41, 5.74) is 2.39. The zero-order valence-corrected chi connectivity index (χ0v) is 17.1. The van der Waals surface area contributed by atoms with E-state index in [1.54, 1.807) is 12.5 Å². The topological polar surface area (TPSA) is 85.4 Å². The monoisotopic (exact) mass is 403 g/mol. The van der Waals surface area contributed by atoms with Gasteiger partial charge in [0.2, 0.25) is 5.91 Å². The van der Waals surface area contributed by atoms with Crippen molar-refractivity contribution in [1.29, 1.82) is 0 Å². The molecule has 1 aromatic carbocycles. The SMILES string of the molecule is CC(=O)Nc1ncc(-c2cc3c(c([S+](C)[O-])c2)C(=O)N(C(C)C2CC2)C3)s1. The van der Waals surface area contributed by atoms with Crippen molar-refractivity contribution >= 4 is 39.5 Å². The fourth-order valence-corrected chi connectivity index (χ4v) is 5.23. The van der Waals surface area contributed by atoms with Crippen molar-refractivity contribution < 1.29 is 14.1 Å². The van der Waals surface area contributed by atoms with Gasteiger partial charge < -0.3 is 14.8 Å². The first-order valence-electron chi connectivity index (χ1n) is 8.90. The van der Waals surface area contributed by atoms with Gasteiger partial charge >= 0.3 is 0 Å². The van der Waals surface area contributed by atoms with Crippen LogP contribution < -0.4 is 5.32 Å². The number of aromatic nitrogens is 1. The number of rotatable bonds is 5. The molecule has 1 N–H and O–H groups in total. The van der Waals surface area contributed by atoms with Crippen LogP contribution in [-0.4, -0.2) is 38.5 Å². The fourth-order valence-electron chi connectivity index (χ4n) is 3.59. The van der Waals surface area contributed by atoms with Gasteiger partial charge in [0.25, 0.3) is 5.91 Å². The molecule has 27 heavy (non-hydrogen) atoms. The van der Waals surface area contributed by atoms with Crippen LogP contribution in [0.5, 0.6) is 0 Å². The minimum Gasteiger partial charge on any atom is -0.612 e. The Kier molecular flexibility index (Phi) is 4.73. The lowest BCUT2D eigenvalue weighted by Gasteiger charge is -2.24. The lowest BCUT2D eigenvalue weighted by Crippen LogP contribution is -2.35. The van der Waals surface area contributed by atoms with Gasteiger partial charge in [-0.25, -0.2) is 4.98 Å². The highest BCUT2D eigenvalue weighted by Crippen LogP contribution is 2.41. The molecular weight excluding hydrogens is 382 g/mol.